The monoisotopic (exact) mass is 412 g/mol. The largest absolute Gasteiger partial charge is 0.349 e. The van der Waals surface area contributed by atoms with Crippen LogP contribution in [0.15, 0.2) is 60.7 Å². The highest BCUT2D eigenvalue weighted by molar-refractivity contribution is 5.88. The highest BCUT2D eigenvalue weighted by atomic mass is 16.1. The molecule has 31 heavy (non-hydrogen) atoms. The van der Waals surface area contributed by atoms with Crippen molar-refractivity contribution in [3.63, 3.8) is 0 Å². The van der Waals surface area contributed by atoms with Gasteiger partial charge < -0.3 is 9.88 Å². The maximum atomic E-state index is 12.9. The van der Waals surface area contributed by atoms with Crippen molar-refractivity contribution in [2.24, 2.45) is 0 Å². The average molecular weight is 413 g/mol. The van der Waals surface area contributed by atoms with Crippen molar-refractivity contribution in [3.05, 3.63) is 77.6 Å². The van der Waals surface area contributed by atoms with Crippen LogP contribution >= 0.6 is 0 Å². The maximum Gasteiger partial charge on any atom is 0.240 e. The van der Waals surface area contributed by atoms with E-state index in [2.05, 4.69) is 63.9 Å². The fraction of sp³-hybridized carbons (Fsp3) is 0.308. The summed E-state index contributed by atoms with van der Waals surface area (Å²) < 4.78 is 2.21. The molecule has 0 bridgehead atoms. The van der Waals surface area contributed by atoms with E-state index in [-0.39, 0.29) is 5.91 Å². The van der Waals surface area contributed by atoms with Gasteiger partial charge in [-0.15, -0.1) is 0 Å². The summed E-state index contributed by atoms with van der Waals surface area (Å²) in [4.78, 5) is 20.0. The second kappa shape index (κ2) is 8.16. The fourth-order valence-electron chi connectivity index (χ4n) is 4.64. The topological polar surface area (TPSA) is 50.2 Å². The molecule has 2 aromatic heterocycles. The Balaban J connectivity index is 1.36. The predicted molar refractivity (Wildman–Crippen MR) is 125 cm³/mol. The number of aromatic nitrogens is 2. The van der Waals surface area contributed by atoms with E-state index in [1.807, 2.05) is 30.3 Å². The molecule has 0 saturated carbocycles. The smallest absolute Gasteiger partial charge is 0.240 e. The SMILES string of the molecule is CC(C)N1CCc2c(c3ccccc3n2CC(=O)NCc2ccc3ccccc3n2)C1. The quantitative estimate of drug-likeness (QED) is 0.533. The van der Waals surface area contributed by atoms with Crippen molar-refractivity contribution in [3.8, 4) is 0 Å². The molecule has 4 aromatic rings. The molecule has 158 valence electrons. The molecule has 1 amide bonds. The molecular weight excluding hydrogens is 384 g/mol. The molecule has 0 spiro atoms. The number of hydrogen-bond donors (Lipinski definition) is 1. The normalized spacial score (nSPS) is 14.3. The molecule has 5 nitrogen and oxygen atoms in total. The lowest BCUT2D eigenvalue weighted by Gasteiger charge is -2.31. The molecule has 2 aromatic carbocycles. The summed E-state index contributed by atoms with van der Waals surface area (Å²) in [5, 5.41) is 5.45. The molecule has 0 atom stereocenters. The van der Waals surface area contributed by atoms with Crippen LogP contribution in [0, 0.1) is 0 Å². The van der Waals surface area contributed by atoms with Gasteiger partial charge in [-0.25, -0.2) is 0 Å². The fourth-order valence-corrected chi connectivity index (χ4v) is 4.64. The van der Waals surface area contributed by atoms with E-state index in [9.17, 15) is 4.79 Å². The molecule has 1 N–H and O–H groups in total. The highest BCUT2D eigenvalue weighted by Crippen LogP contribution is 2.31. The van der Waals surface area contributed by atoms with E-state index in [1.165, 1.54) is 16.6 Å². The zero-order valence-corrected chi connectivity index (χ0v) is 18.1. The van der Waals surface area contributed by atoms with Crippen LogP contribution in [0.1, 0.15) is 30.8 Å². The van der Waals surface area contributed by atoms with Gasteiger partial charge in [-0.1, -0.05) is 42.5 Å². The second-order valence-corrected chi connectivity index (χ2v) is 8.61. The van der Waals surface area contributed by atoms with Gasteiger partial charge in [-0.2, -0.15) is 0 Å². The van der Waals surface area contributed by atoms with Crippen molar-refractivity contribution >= 4 is 27.7 Å². The first-order chi connectivity index (χ1) is 15.1. The Kier molecular flexibility index (Phi) is 5.20. The summed E-state index contributed by atoms with van der Waals surface area (Å²) in [6.07, 6.45) is 0.974. The summed E-state index contributed by atoms with van der Waals surface area (Å²) in [5.74, 6) is 0.0183. The van der Waals surface area contributed by atoms with Crippen LogP contribution in [0.3, 0.4) is 0 Å². The number of hydrogen-bond acceptors (Lipinski definition) is 3. The summed E-state index contributed by atoms with van der Waals surface area (Å²) in [5.41, 5.74) is 5.65. The zero-order valence-electron chi connectivity index (χ0n) is 18.1. The highest BCUT2D eigenvalue weighted by Gasteiger charge is 2.25. The Bertz CT molecular complexity index is 1260. The van der Waals surface area contributed by atoms with Crippen LogP contribution in [-0.4, -0.2) is 32.9 Å². The van der Waals surface area contributed by atoms with Gasteiger partial charge in [-0.05, 0) is 37.6 Å². The minimum atomic E-state index is 0.0183. The number of carbonyl (C=O) groups excluding carboxylic acids is 1. The maximum absolute atomic E-state index is 12.9. The minimum absolute atomic E-state index is 0.0183. The summed E-state index contributed by atoms with van der Waals surface area (Å²) in [6.45, 7) is 7.25. The first kappa shape index (κ1) is 19.8. The number of pyridine rings is 1. The Labute approximate surface area is 182 Å². The average Bonchev–Trinajstić information content (AvgIpc) is 3.10. The van der Waals surface area contributed by atoms with E-state index in [0.29, 0.717) is 19.1 Å². The van der Waals surface area contributed by atoms with Crippen molar-refractivity contribution in [2.75, 3.05) is 6.54 Å². The number of para-hydroxylation sites is 2. The molecule has 0 saturated heterocycles. The number of nitrogens with zero attached hydrogens (tertiary/aromatic N) is 3. The molecular formula is C26H28N4O. The van der Waals surface area contributed by atoms with E-state index in [1.54, 1.807) is 0 Å². The van der Waals surface area contributed by atoms with E-state index >= 15 is 0 Å². The molecule has 3 heterocycles. The number of carbonyl (C=O) groups is 1. The van der Waals surface area contributed by atoms with E-state index in [0.717, 1.165) is 41.6 Å². The molecule has 0 fully saturated rings. The van der Waals surface area contributed by atoms with Crippen molar-refractivity contribution in [1.82, 2.24) is 19.8 Å². The van der Waals surface area contributed by atoms with Gasteiger partial charge in [0.05, 0.1) is 17.8 Å². The number of rotatable bonds is 5. The number of fused-ring (bicyclic) bond motifs is 4. The van der Waals surface area contributed by atoms with Gasteiger partial charge in [0.1, 0.15) is 6.54 Å². The van der Waals surface area contributed by atoms with Crippen LogP contribution in [0.2, 0.25) is 0 Å². The van der Waals surface area contributed by atoms with E-state index in [4.69, 9.17) is 0 Å². The Morgan fingerprint density at radius 3 is 2.74 bits per heavy atom. The third-order valence-electron chi connectivity index (χ3n) is 6.35. The molecule has 0 aliphatic carbocycles. The third kappa shape index (κ3) is 3.81. The van der Waals surface area contributed by atoms with Gasteiger partial charge in [0.15, 0.2) is 0 Å². The minimum Gasteiger partial charge on any atom is -0.349 e. The lowest BCUT2D eigenvalue weighted by molar-refractivity contribution is -0.121. The van der Waals surface area contributed by atoms with Crippen LogP contribution in [0.5, 0.6) is 0 Å². The van der Waals surface area contributed by atoms with Gasteiger partial charge in [-0.3, -0.25) is 14.7 Å². The van der Waals surface area contributed by atoms with Gasteiger partial charge in [0.25, 0.3) is 0 Å². The molecule has 1 aliphatic rings. The number of nitrogens with one attached hydrogen (secondary N) is 1. The Morgan fingerprint density at radius 2 is 1.87 bits per heavy atom. The Morgan fingerprint density at radius 1 is 1.06 bits per heavy atom. The lowest BCUT2D eigenvalue weighted by Crippen LogP contribution is -2.36. The van der Waals surface area contributed by atoms with Gasteiger partial charge in [0, 0.05) is 47.5 Å². The first-order valence-electron chi connectivity index (χ1n) is 11.0. The van der Waals surface area contributed by atoms with Crippen LogP contribution in [-0.2, 0) is 30.8 Å². The summed E-state index contributed by atoms with van der Waals surface area (Å²) in [7, 11) is 0. The van der Waals surface area contributed by atoms with Gasteiger partial charge in [0.2, 0.25) is 5.91 Å². The molecule has 0 radical (unpaired) electrons. The van der Waals surface area contributed by atoms with Crippen LogP contribution < -0.4 is 5.32 Å². The van der Waals surface area contributed by atoms with Gasteiger partial charge >= 0.3 is 0 Å². The number of benzene rings is 2. The molecule has 1 aliphatic heterocycles. The third-order valence-corrected chi connectivity index (χ3v) is 6.35. The lowest BCUT2D eigenvalue weighted by atomic mass is 10.0. The summed E-state index contributed by atoms with van der Waals surface area (Å²) >= 11 is 0. The van der Waals surface area contributed by atoms with Crippen LogP contribution in [0.4, 0.5) is 0 Å². The first-order valence-corrected chi connectivity index (χ1v) is 11.0. The van der Waals surface area contributed by atoms with Crippen LogP contribution in [0.25, 0.3) is 21.8 Å². The standard InChI is InChI=1S/C26H28N4O/c1-18(2)29-14-13-25-22(16-29)21-8-4-6-10-24(21)30(25)17-26(31)27-15-20-12-11-19-7-3-5-9-23(19)28-20/h3-12,18H,13-17H2,1-2H3,(H,27,31). The van der Waals surface area contributed by atoms with Crippen molar-refractivity contribution in [2.45, 2.75) is 45.9 Å². The predicted octanol–water partition coefficient (Wildman–Crippen LogP) is 4.27. The number of amides is 1. The van der Waals surface area contributed by atoms with Crippen molar-refractivity contribution in [1.29, 1.82) is 0 Å². The zero-order chi connectivity index (χ0) is 21.4. The Hall–Kier alpha value is -3.18. The van der Waals surface area contributed by atoms with E-state index < -0.39 is 0 Å². The molecule has 5 heteroatoms. The molecule has 5 rings (SSSR count). The second-order valence-electron chi connectivity index (χ2n) is 8.61. The molecule has 0 unspecified atom stereocenters. The summed E-state index contributed by atoms with van der Waals surface area (Å²) in [6, 6.07) is 21.1. The van der Waals surface area contributed by atoms with Crippen molar-refractivity contribution < 1.29 is 4.79 Å².